The fourth-order valence-corrected chi connectivity index (χ4v) is 2.80. The number of rotatable bonds is 8. The third-order valence-electron chi connectivity index (χ3n) is 3.96. The van der Waals surface area contributed by atoms with Gasteiger partial charge < -0.3 is 19.5 Å². The van der Waals surface area contributed by atoms with Gasteiger partial charge in [-0.25, -0.2) is 0 Å². The van der Waals surface area contributed by atoms with Crippen molar-refractivity contribution in [2.24, 2.45) is 0 Å². The van der Waals surface area contributed by atoms with Crippen LogP contribution in [0.1, 0.15) is 24.8 Å². The number of ether oxygens (including phenoxy) is 2. The average molecular weight is 305 g/mol. The van der Waals surface area contributed by atoms with E-state index in [1.54, 1.807) is 7.11 Å². The summed E-state index contributed by atoms with van der Waals surface area (Å²) < 4.78 is 11.1. The van der Waals surface area contributed by atoms with Gasteiger partial charge in [0.15, 0.2) is 11.5 Å². The van der Waals surface area contributed by atoms with Crippen molar-refractivity contribution in [2.45, 2.75) is 31.8 Å². The molecule has 4 heteroatoms. The zero-order valence-electron chi connectivity index (χ0n) is 13.5. The highest BCUT2D eigenvalue weighted by molar-refractivity contribution is 5.43. The van der Waals surface area contributed by atoms with Gasteiger partial charge in [-0.15, -0.1) is 6.58 Å². The average Bonchev–Trinajstić information content (AvgIpc) is 2.54. The van der Waals surface area contributed by atoms with Crippen molar-refractivity contribution in [3.05, 3.63) is 36.4 Å². The van der Waals surface area contributed by atoms with Crippen LogP contribution in [0.4, 0.5) is 0 Å². The Morgan fingerprint density at radius 2 is 2.05 bits per heavy atom. The van der Waals surface area contributed by atoms with E-state index in [9.17, 15) is 5.11 Å². The monoisotopic (exact) mass is 305 g/mol. The molecule has 1 fully saturated rings. The third-order valence-corrected chi connectivity index (χ3v) is 3.96. The molecule has 0 amide bonds. The molecular weight excluding hydrogens is 278 g/mol. The van der Waals surface area contributed by atoms with E-state index in [0.717, 1.165) is 25.1 Å². The molecule has 1 heterocycles. The SMILES string of the molecule is C=CCc1ccc(OC[C@H](O)CN2CCCCC2)c(OC)c1. The van der Waals surface area contributed by atoms with Gasteiger partial charge in [0, 0.05) is 6.54 Å². The maximum absolute atomic E-state index is 10.1. The largest absolute Gasteiger partial charge is 0.493 e. The molecule has 1 aliphatic rings. The lowest BCUT2D eigenvalue weighted by molar-refractivity contribution is 0.0608. The summed E-state index contributed by atoms with van der Waals surface area (Å²) in [6.45, 7) is 6.86. The van der Waals surface area contributed by atoms with Crippen LogP contribution in [-0.4, -0.2) is 49.5 Å². The highest BCUT2D eigenvalue weighted by Crippen LogP contribution is 2.28. The maximum Gasteiger partial charge on any atom is 0.161 e. The molecule has 1 N–H and O–H groups in total. The Balaban J connectivity index is 1.85. The second-order valence-electron chi connectivity index (χ2n) is 5.80. The van der Waals surface area contributed by atoms with Crippen LogP contribution in [0.15, 0.2) is 30.9 Å². The van der Waals surface area contributed by atoms with E-state index in [-0.39, 0.29) is 6.61 Å². The molecule has 0 unspecified atom stereocenters. The Bertz CT molecular complexity index is 469. The second kappa shape index (κ2) is 8.81. The first kappa shape index (κ1) is 16.8. The Morgan fingerprint density at radius 3 is 2.73 bits per heavy atom. The minimum atomic E-state index is -0.476. The molecule has 0 bridgehead atoms. The van der Waals surface area contributed by atoms with Crippen LogP contribution >= 0.6 is 0 Å². The number of aliphatic hydroxyl groups excluding tert-OH is 1. The molecule has 1 saturated heterocycles. The van der Waals surface area contributed by atoms with Crippen LogP contribution in [0, 0.1) is 0 Å². The van der Waals surface area contributed by atoms with Crippen molar-refractivity contribution in [3.8, 4) is 11.5 Å². The Kier molecular flexibility index (Phi) is 6.74. The second-order valence-corrected chi connectivity index (χ2v) is 5.80. The first-order valence-electron chi connectivity index (χ1n) is 8.04. The number of methoxy groups -OCH3 is 1. The summed E-state index contributed by atoms with van der Waals surface area (Å²) in [6.07, 6.45) is 5.94. The predicted molar refractivity (Wildman–Crippen MR) is 88.7 cm³/mol. The van der Waals surface area contributed by atoms with Gasteiger partial charge in [-0.1, -0.05) is 18.6 Å². The topological polar surface area (TPSA) is 41.9 Å². The van der Waals surface area contributed by atoms with Crippen LogP contribution in [-0.2, 0) is 6.42 Å². The molecule has 1 aromatic rings. The number of benzene rings is 1. The minimum Gasteiger partial charge on any atom is -0.493 e. The number of hydrogen-bond donors (Lipinski definition) is 1. The van der Waals surface area contributed by atoms with Crippen LogP contribution in [0.3, 0.4) is 0 Å². The number of nitrogens with zero attached hydrogens (tertiary/aromatic N) is 1. The normalized spacial score (nSPS) is 17.0. The lowest BCUT2D eigenvalue weighted by Crippen LogP contribution is -2.38. The zero-order valence-corrected chi connectivity index (χ0v) is 13.5. The molecular formula is C18H27NO3. The van der Waals surface area contributed by atoms with E-state index in [2.05, 4.69) is 11.5 Å². The number of piperidine rings is 1. The molecule has 0 saturated carbocycles. The Labute approximate surface area is 133 Å². The summed E-state index contributed by atoms with van der Waals surface area (Å²) in [6, 6.07) is 5.84. The molecule has 1 aliphatic heterocycles. The van der Waals surface area contributed by atoms with Crippen molar-refractivity contribution < 1.29 is 14.6 Å². The van der Waals surface area contributed by atoms with Crippen LogP contribution in [0.2, 0.25) is 0 Å². The van der Waals surface area contributed by atoms with Crippen molar-refractivity contribution in [1.82, 2.24) is 4.90 Å². The third kappa shape index (κ3) is 5.04. The molecule has 0 aromatic heterocycles. The number of hydrogen-bond acceptors (Lipinski definition) is 4. The van der Waals surface area contributed by atoms with E-state index in [0.29, 0.717) is 18.0 Å². The minimum absolute atomic E-state index is 0.285. The quantitative estimate of drug-likeness (QED) is 0.750. The Hall–Kier alpha value is -1.52. The number of aliphatic hydroxyl groups is 1. The first-order chi connectivity index (χ1) is 10.7. The van der Waals surface area contributed by atoms with Crippen molar-refractivity contribution in [2.75, 3.05) is 33.4 Å². The molecule has 22 heavy (non-hydrogen) atoms. The van der Waals surface area contributed by atoms with Crippen molar-refractivity contribution in [3.63, 3.8) is 0 Å². The Morgan fingerprint density at radius 1 is 1.27 bits per heavy atom. The predicted octanol–water partition coefficient (Wildman–Crippen LogP) is 2.65. The standard InChI is InChI=1S/C18H27NO3/c1-3-7-15-8-9-17(18(12-15)21-2)22-14-16(20)13-19-10-5-4-6-11-19/h3,8-9,12,16,20H,1,4-7,10-11,13-14H2,2H3/t16-/m1/s1. The van der Waals surface area contributed by atoms with Crippen LogP contribution < -0.4 is 9.47 Å². The summed E-state index contributed by atoms with van der Waals surface area (Å²) in [5, 5.41) is 10.1. The lowest BCUT2D eigenvalue weighted by Gasteiger charge is -2.28. The number of likely N-dealkylation sites (tertiary alicyclic amines) is 1. The highest BCUT2D eigenvalue weighted by atomic mass is 16.5. The molecule has 2 rings (SSSR count). The molecule has 0 aliphatic carbocycles. The molecule has 1 atom stereocenters. The van der Waals surface area contributed by atoms with Crippen LogP contribution in [0.25, 0.3) is 0 Å². The van der Waals surface area contributed by atoms with Gasteiger partial charge in [0.1, 0.15) is 12.7 Å². The zero-order chi connectivity index (χ0) is 15.8. The molecule has 0 radical (unpaired) electrons. The summed E-state index contributed by atoms with van der Waals surface area (Å²) in [5.41, 5.74) is 1.13. The molecule has 122 valence electrons. The fourth-order valence-electron chi connectivity index (χ4n) is 2.80. The van der Waals surface area contributed by atoms with Gasteiger partial charge in [-0.3, -0.25) is 0 Å². The van der Waals surface area contributed by atoms with E-state index in [1.165, 1.54) is 19.3 Å². The molecule has 1 aromatic carbocycles. The van der Waals surface area contributed by atoms with Crippen molar-refractivity contribution in [1.29, 1.82) is 0 Å². The van der Waals surface area contributed by atoms with E-state index in [1.807, 2.05) is 24.3 Å². The van der Waals surface area contributed by atoms with E-state index < -0.39 is 6.10 Å². The molecule has 0 spiro atoms. The highest BCUT2D eigenvalue weighted by Gasteiger charge is 2.15. The summed E-state index contributed by atoms with van der Waals surface area (Å²) >= 11 is 0. The first-order valence-corrected chi connectivity index (χ1v) is 8.04. The van der Waals surface area contributed by atoms with Gasteiger partial charge in [0.25, 0.3) is 0 Å². The van der Waals surface area contributed by atoms with Crippen molar-refractivity contribution >= 4 is 0 Å². The van der Waals surface area contributed by atoms with Gasteiger partial charge in [-0.05, 0) is 50.0 Å². The van der Waals surface area contributed by atoms with Gasteiger partial charge in [-0.2, -0.15) is 0 Å². The lowest BCUT2D eigenvalue weighted by atomic mass is 10.1. The fraction of sp³-hybridized carbons (Fsp3) is 0.556. The van der Waals surface area contributed by atoms with E-state index >= 15 is 0 Å². The van der Waals surface area contributed by atoms with E-state index in [4.69, 9.17) is 9.47 Å². The molecule has 4 nitrogen and oxygen atoms in total. The van der Waals surface area contributed by atoms with Gasteiger partial charge >= 0.3 is 0 Å². The summed E-state index contributed by atoms with van der Waals surface area (Å²) in [5.74, 6) is 1.37. The van der Waals surface area contributed by atoms with Gasteiger partial charge in [0.05, 0.1) is 7.11 Å². The smallest absolute Gasteiger partial charge is 0.161 e. The summed E-state index contributed by atoms with van der Waals surface area (Å²) in [4.78, 5) is 2.31. The number of β-amino-alcohol motifs (C(OH)–C–C–N with tert-alkyl or cyclic N) is 1. The maximum atomic E-state index is 10.1. The van der Waals surface area contributed by atoms with Gasteiger partial charge in [0.2, 0.25) is 0 Å². The summed E-state index contributed by atoms with van der Waals surface area (Å²) in [7, 11) is 1.63. The number of allylic oxidation sites excluding steroid dienone is 1. The van der Waals surface area contributed by atoms with Crippen LogP contribution in [0.5, 0.6) is 11.5 Å².